The van der Waals surface area contributed by atoms with Crippen molar-refractivity contribution in [3.63, 3.8) is 0 Å². The van der Waals surface area contributed by atoms with E-state index >= 15 is 0 Å². The molecule has 90 valence electrons. The highest BCUT2D eigenvalue weighted by atomic mass is 79.9. The van der Waals surface area contributed by atoms with Gasteiger partial charge in [0.25, 0.3) is 5.56 Å². The van der Waals surface area contributed by atoms with Gasteiger partial charge in [0.1, 0.15) is 5.56 Å². The number of H-pyrrole nitrogens is 1. The fraction of sp³-hybridized carbons (Fsp3) is 0.100. The molecular weight excluding hydrogens is 306 g/mol. The largest absolute Gasteiger partial charge is 0.420 e. The Bertz CT molecular complexity index is 647. The van der Waals surface area contributed by atoms with Crippen LogP contribution in [0.2, 0.25) is 0 Å². The highest BCUT2D eigenvalue weighted by Crippen LogP contribution is 2.35. The minimum absolute atomic E-state index is 0.0630. The highest BCUT2D eigenvalue weighted by Gasteiger charge is 2.37. The second-order valence-corrected chi connectivity index (χ2v) is 4.25. The third-order valence-corrected chi connectivity index (χ3v) is 2.69. The van der Waals surface area contributed by atoms with Crippen LogP contribution in [-0.2, 0) is 6.18 Å². The van der Waals surface area contributed by atoms with Gasteiger partial charge in [-0.15, -0.1) is 0 Å². The predicted molar refractivity (Wildman–Crippen MR) is 57.2 cm³/mol. The highest BCUT2D eigenvalue weighted by molar-refractivity contribution is 9.10. The van der Waals surface area contributed by atoms with Gasteiger partial charge in [0.05, 0.1) is 0 Å². The summed E-state index contributed by atoms with van der Waals surface area (Å²) in [5, 5.41) is -0.385. The number of nitrogens with one attached hydrogen (secondary N) is 1. The molecule has 17 heavy (non-hydrogen) atoms. The van der Waals surface area contributed by atoms with Gasteiger partial charge in [-0.3, -0.25) is 4.79 Å². The van der Waals surface area contributed by atoms with Crippen LogP contribution < -0.4 is 5.56 Å². The Balaban J connectivity index is 3.00. The molecule has 0 radical (unpaired) electrons. The van der Waals surface area contributed by atoms with Crippen LogP contribution >= 0.6 is 15.9 Å². The third-order valence-electron chi connectivity index (χ3n) is 2.20. The van der Waals surface area contributed by atoms with E-state index in [1.165, 1.54) is 12.1 Å². The van der Waals surface area contributed by atoms with Crippen molar-refractivity contribution in [1.29, 1.82) is 0 Å². The average molecular weight is 310 g/mol. The molecule has 1 N–H and O–H groups in total. The quantitative estimate of drug-likeness (QED) is 0.743. The van der Waals surface area contributed by atoms with Gasteiger partial charge in [-0.1, -0.05) is 15.9 Å². The molecule has 0 amide bonds. The van der Waals surface area contributed by atoms with Gasteiger partial charge >= 0.3 is 6.18 Å². The molecule has 0 saturated carbocycles. The van der Waals surface area contributed by atoms with Gasteiger partial charge in [-0.25, -0.2) is 4.39 Å². The Labute approximate surface area is 100 Å². The van der Waals surface area contributed by atoms with Crippen molar-refractivity contribution in [1.82, 2.24) is 4.98 Å². The summed E-state index contributed by atoms with van der Waals surface area (Å²) in [5.41, 5.74) is -2.99. The Morgan fingerprint density at radius 2 is 1.88 bits per heavy atom. The maximum atomic E-state index is 13.3. The number of hydrogen-bond acceptors (Lipinski definition) is 1. The monoisotopic (exact) mass is 309 g/mol. The fourth-order valence-corrected chi connectivity index (χ4v) is 1.88. The molecule has 1 aromatic carbocycles. The summed E-state index contributed by atoms with van der Waals surface area (Å²) in [5.74, 6) is -1.82. The molecule has 0 spiro atoms. The van der Waals surface area contributed by atoms with E-state index < -0.39 is 23.1 Å². The second-order valence-electron chi connectivity index (χ2n) is 3.33. The van der Waals surface area contributed by atoms with Crippen molar-refractivity contribution in [2.45, 2.75) is 6.18 Å². The van der Waals surface area contributed by atoms with Crippen LogP contribution in [0.5, 0.6) is 0 Å². The number of fused-ring (bicyclic) bond motifs is 1. The van der Waals surface area contributed by atoms with E-state index in [2.05, 4.69) is 15.9 Å². The summed E-state index contributed by atoms with van der Waals surface area (Å²) >= 11 is 2.99. The normalized spacial score (nSPS) is 12.1. The Hall–Kier alpha value is -1.37. The molecule has 0 saturated heterocycles. The van der Waals surface area contributed by atoms with Crippen molar-refractivity contribution in [3.05, 3.63) is 44.4 Å². The zero-order valence-corrected chi connectivity index (χ0v) is 9.62. The summed E-state index contributed by atoms with van der Waals surface area (Å²) in [6.45, 7) is 0. The molecule has 7 heteroatoms. The van der Waals surface area contributed by atoms with Crippen LogP contribution in [0, 0.1) is 5.82 Å². The first-order valence-electron chi connectivity index (χ1n) is 4.39. The standard InChI is InChI=1S/C10H4BrF4NO/c11-4-1-2-6-5(3-4)7(10(13,14)15)8(12)9(17)16-6/h1-3H,(H,16,17). The van der Waals surface area contributed by atoms with Crippen molar-refractivity contribution in [2.75, 3.05) is 0 Å². The lowest BCUT2D eigenvalue weighted by molar-refractivity contribution is -0.138. The number of alkyl halides is 3. The smallest absolute Gasteiger partial charge is 0.319 e. The number of halogens is 5. The summed E-state index contributed by atoms with van der Waals surface area (Å²) in [6.07, 6.45) is -4.92. The molecule has 0 aliphatic rings. The molecule has 0 atom stereocenters. The van der Waals surface area contributed by atoms with Crippen LogP contribution in [0.15, 0.2) is 27.5 Å². The molecule has 0 aliphatic heterocycles. The molecule has 2 rings (SSSR count). The Kier molecular flexibility index (Phi) is 2.73. The van der Waals surface area contributed by atoms with E-state index in [0.717, 1.165) is 6.07 Å². The molecule has 0 aliphatic carbocycles. The zero-order chi connectivity index (χ0) is 12.8. The van der Waals surface area contributed by atoms with Crippen molar-refractivity contribution < 1.29 is 17.6 Å². The van der Waals surface area contributed by atoms with Gasteiger partial charge < -0.3 is 4.98 Å². The topological polar surface area (TPSA) is 32.9 Å². The number of hydrogen-bond donors (Lipinski definition) is 1. The number of benzene rings is 1. The summed E-state index contributed by atoms with van der Waals surface area (Å²) < 4.78 is 51.7. The predicted octanol–water partition coefficient (Wildman–Crippen LogP) is 3.45. The minimum atomic E-state index is -4.92. The molecule has 0 bridgehead atoms. The summed E-state index contributed by atoms with van der Waals surface area (Å²) in [4.78, 5) is 13.1. The molecule has 1 aromatic heterocycles. The average Bonchev–Trinajstić information content (AvgIpc) is 2.18. The van der Waals surface area contributed by atoms with Crippen LogP contribution in [0.3, 0.4) is 0 Å². The summed E-state index contributed by atoms with van der Waals surface area (Å²) in [6, 6.07) is 3.84. The fourth-order valence-electron chi connectivity index (χ4n) is 1.52. The van der Waals surface area contributed by atoms with Gasteiger partial charge in [0, 0.05) is 15.4 Å². The van der Waals surface area contributed by atoms with E-state index in [1.54, 1.807) is 0 Å². The van der Waals surface area contributed by atoms with Crippen LogP contribution in [0.1, 0.15) is 5.56 Å². The van der Waals surface area contributed by atoms with Crippen molar-refractivity contribution in [3.8, 4) is 0 Å². The zero-order valence-electron chi connectivity index (χ0n) is 8.03. The lowest BCUT2D eigenvalue weighted by Gasteiger charge is -2.11. The molecule has 0 fully saturated rings. The number of aromatic amines is 1. The first-order valence-corrected chi connectivity index (χ1v) is 5.18. The lowest BCUT2D eigenvalue weighted by atomic mass is 10.1. The second kappa shape index (κ2) is 3.83. The number of pyridine rings is 1. The van der Waals surface area contributed by atoms with E-state index in [4.69, 9.17) is 0 Å². The van der Waals surface area contributed by atoms with Crippen LogP contribution in [-0.4, -0.2) is 4.98 Å². The van der Waals surface area contributed by atoms with Crippen LogP contribution in [0.25, 0.3) is 10.9 Å². The summed E-state index contributed by atoms with van der Waals surface area (Å²) in [7, 11) is 0. The van der Waals surface area contributed by atoms with Crippen molar-refractivity contribution >= 4 is 26.8 Å². The van der Waals surface area contributed by atoms with Gasteiger partial charge in [0.15, 0.2) is 0 Å². The molecular formula is C10H4BrF4NO. The maximum absolute atomic E-state index is 13.3. The van der Waals surface area contributed by atoms with E-state index in [0.29, 0.717) is 4.47 Å². The molecule has 1 heterocycles. The van der Waals surface area contributed by atoms with E-state index in [1.807, 2.05) is 4.98 Å². The Morgan fingerprint density at radius 3 is 2.47 bits per heavy atom. The number of aromatic nitrogens is 1. The molecule has 0 unspecified atom stereocenters. The Morgan fingerprint density at radius 1 is 1.24 bits per heavy atom. The molecule has 2 nitrogen and oxygen atoms in total. The van der Waals surface area contributed by atoms with E-state index in [9.17, 15) is 22.4 Å². The minimum Gasteiger partial charge on any atom is -0.319 e. The van der Waals surface area contributed by atoms with Gasteiger partial charge in [-0.05, 0) is 18.2 Å². The lowest BCUT2D eigenvalue weighted by Crippen LogP contribution is -2.20. The van der Waals surface area contributed by atoms with Gasteiger partial charge in [0.2, 0.25) is 5.82 Å². The van der Waals surface area contributed by atoms with Crippen molar-refractivity contribution in [2.24, 2.45) is 0 Å². The third kappa shape index (κ3) is 2.06. The maximum Gasteiger partial charge on any atom is 0.420 e. The SMILES string of the molecule is O=c1[nH]c2ccc(Br)cc2c(C(F)(F)F)c1F. The van der Waals surface area contributed by atoms with Crippen LogP contribution in [0.4, 0.5) is 17.6 Å². The first-order chi connectivity index (χ1) is 7.80. The van der Waals surface area contributed by atoms with Gasteiger partial charge in [-0.2, -0.15) is 13.2 Å². The first kappa shape index (κ1) is 12.1. The number of rotatable bonds is 0. The van der Waals surface area contributed by atoms with E-state index in [-0.39, 0.29) is 10.9 Å². The molecule has 2 aromatic rings.